The van der Waals surface area contributed by atoms with Crippen molar-refractivity contribution in [1.29, 1.82) is 0 Å². The summed E-state index contributed by atoms with van der Waals surface area (Å²) in [6.45, 7) is 16.9. The highest BCUT2D eigenvalue weighted by Crippen LogP contribution is 2.24. The quantitative estimate of drug-likeness (QED) is 0.152. The molecule has 0 heterocycles. The molecule has 0 amide bonds. The first-order valence-electron chi connectivity index (χ1n) is 14.3. The molecule has 0 radical (unpaired) electrons. The number of unbranched alkanes of at least 4 members (excludes halogenated alkanes) is 4. The van der Waals surface area contributed by atoms with E-state index in [1.165, 1.54) is 116 Å². The number of hydrogen-bond acceptors (Lipinski definition) is 0. The van der Waals surface area contributed by atoms with Gasteiger partial charge in [0.05, 0.1) is 0 Å². The van der Waals surface area contributed by atoms with Crippen LogP contribution in [0.3, 0.4) is 0 Å². The van der Waals surface area contributed by atoms with E-state index in [0.29, 0.717) is 0 Å². The molecule has 0 aliphatic carbocycles. The van der Waals surface area contributed by atoms with Crippen molar-refractivity contribution in [2.45, 2.75) is 164 Å². The van der Waals surface area contributed by atoms with Crippen LogP contribution in [0.15, 0.2) is 0 Å². The maximum Gasteiger partial charge on any atom is -0.0443 e. The molecule has 4 atom stereocenters. The zero-order valence-electron chi connectivity index (χ0n) is 22.6. The second-order valence-electron chi connectivity index (χ2n) is 11.7. The largest absolute Gasteiger partial charge is 0.0654 e. The van der Waals surface area contributed by atoms with E-state index in [1.54, 1.807) is 0 Å². The van der Waals surface area contributed by atoms with Crippen molar-refractivity contribution >= 4 is 0 Å². The number of hydrogen-bond donors (Lipinski definition) is 0. The summed E-state index contributed by atoms with van der Waals surface area (Å²) in [6.07, 6.45) is 26.1. The van der Waals surface area contributed by atoms with Crippen LogP contribution in [0.5, 0.6) is 0 Å². The average Bonchev–Trinajstić information content (AvgIpc) is 2.68. The topological polar surface area (TPSA) is 0 Å². The lowest BCUT2D eigenvalue weighted by Gasteiger charge is -2.16. The Morgan fingerprint density at radius 1 is 0.333 bits per heavy atom. The molecular weight excluding hydrogens is 360 g/mol. The lowest BCUT2D eigenvalue weighted by Crippen LogP contribution is -2.01. The summed E-state index contributed by atoms with van der Waals surface area (Å²) in [5, 5.41) is 0. The molecule has 0 heteroatoms. The molecule has 0 rings (SSSR count). The van der Waals surface area contributed by atoms with Gasteiger partial charge >= 0.3 is 0 Å². The van der Waals surface area contributed by atoms with Crippen molar-refractivity contribution in [2.75, 3.05) is 0 Å². The first-order chi connectivity index (χ1) is 14.3. The summed E-state index contributed by atoms with van der Waals surface area (Å²) >= 11 is 0. The van der Waals surface area contributed by atoms with Crippen LogP contribution in [-0.2, 0) is 0 Å². The molecular formula is C30H62. The minimum atomic E-state index is 0.879. The lowest BCUT2D eigenvalue weighted by molar-refractivity contribution is 0.370. The molecule has 182 valence electrons. The molecule has 0 nitrogen and oxygen atoms in total. The van der Waals surface area contributed by atoms with E-state index in [2.05, 4.69) is 48.5 Å². The van der Waals surface area contributed by atoms with E-state index in [4.69, 9.17) is 0 Å². The van der Waals surface area contributed by atoms with Gasteiger partial charge in [0.25, 0.3) is 0 Å². The monoisotopic (exact) mass is 422 g/mol. The van der Waals surface area contributed by atoms with Gasteiger partial charge in [0.15, 0.2) is 0 Å². The molecule has 0 saturated heterocycles. The van der Waals surface area contributed by atoms with Gasteiger partial charge in [-0.1, -0.05) is 164 Å². The van der Waals surface area contributed by atoms with Crippen molar-refractivity contribution in [3.8, 4) is 0 Å². The van der Waals surface area contributed by atoms with E-state index >= 15 is 0 Å². The van der Waals surface area contributed by atoms with E-state index in [9.17, 15) is 0 Å². The highest BCUT2D eigenvalue weighted by molar-refractivity contribution is 4.62. The minimum absolute atomic E-state index is 0.879. The van der Waals surface area contributed by atoms with E-state index in [0.717, 1.165) is 29.6 Å². The second-order valence-corrected chi connectivity index (χ2v) is 11.7. The first-order valence-corrected chi connectivity index (χ1v) is 14.3. The maximum atomic E-state index is 2.50. The Morgan fingerprint density at radius 3 is 0.967 bits per heavy atom. The van der Waals surface area contributed by atoms with Gasteiger partial charge in [-0.05, 0) is 29.6 Å². The summed E-state index contributed by atoms with van der Waals surface area (Å²) in [5.74, 6) is 4.66. The van der Waals surface area contributed by atoms with Crippen molar-refractivity contribution in [1.82, 2.24) is 0 Å². The smallest absolute Gasteiger partial charge is 0.0443 e. The van der Waals surface area contributed by atoms with Crippen molar-refractivity contribution in [3.63, 3.8) is 0 Å². The fourth-order valence-corrected chi connectivity index (χ4v) is 4.99. The molecule has 0 spiro atoms. The van der Waals surface area contributed by atoms with Crippen LogP contribution >= 0.6 is 0 Å². The fraction of sp³-hybridized carbons (Fsp3) is 1.00. The fourth-order valence-electron chi connectivity index (χ4n) is 4.99. The Bertz CT molecular complexity index is 331. The summed E-state index contributed by atoms with van der Waals surface area (Å²) < 4.78 is 0. The molecule has 30 heavy (non-hydrogen) atoms. The Morgan fingerprint density at radius 2 is 0.633 bits per heavy atom. The molecule has 0 aliphatic rings. The van der Waals surface area contributed by atoms with Crippen molar-refractivity contribution in [3.05, 3.63) is 0 Å². The number of rotatable bonds is 22. The SMILES string of the molecule is CCCCCCC(C)CCCC(C)CCCCC(C)CCCC(C)CCCC(C)C. The first kappa shape index (κ1) is 30.0. The Balaban J connectivity index is 3.52. The molecule has 0 bridgehead atoms. The van der Waals surface area contributed by atoms with Gasteiger partial charge < -0.3 is 0 Å². The molecule has 0 aliphatic heterocycles. The highest BCUT2D eigenvalue weighted by atomic mass is 14.1. The van der Waals surface area contributed by atoms with Crippen LogP contribution in [0, 0.1) is 29.6 Å². The summed E-state index contributed by atoms with van der Waals surface area (Å²) in [6, 6.07) is 0. The second kappa shape index (κ2) is 20.9. The van der Waals surface area contributed by atoms with Crippen LogP contribution in [0.1, 0.15) is 164 Å². The summed E-state index contributed by atoms with van der Waals surface area (Å²) in [5.41, 5.74) is 0. The van der Waals surface area contributed by atoms with Gasteiger partial charge in [-0.3, -0.25) is 0 Å². The standard InChI is InChI=1S/C30H62/c1-8-9-10-11-18-27(4)22-15-23-28(5)19-12-13-20-29(6)24-16-25-30(7)21-14-17-26(2)3/h26-30H,8-25H2,1-7H3. The molecule has 0 aromatic heterocycles. The highest BCUT2D eigenvalue weighted by Gasteiger charge is 2.08. The van der Waals surface area contributed by atoms with Crippen molar-refractivity contribution < 1.29 is 0 Å². The third kappa shape index (κ3) is 21.2. The Hall–Kier alpha value is 0. The summed E-state index contributed by atoms with van der Waals surface area (Å²) in [4.78, 5) is 0. The molecule has 0 N–H and O–H groups in total. The van der Waals surface area contributed by atoms with Crippen LogP contribution in [0.2, 0.25) is 0 Å². The van der Waals surface area contributed by atoms with E-state index in [1.807, 2.05) is 0 Å². The van der Waals surface area contributed by atoms with Crippen LogP contribution in [0.4, 0.5) is 0 Å². The van der Waals surface area contributed by atoms with Gasteiger partial charge in [-0.15, -0.1) is 0 Å². The van der Waals surface area contributed by atoms with Crippen molar-refractivity contribution in [2.24, 2.45) is 29.6 Å². The van der Waals surface area contributed by atoms with Gasteiger partial charge in [-0.2, -0.15) is 0 Å². The predicted molar refractivity (Wildman–Crippen MR) is 140 cm³/mol. The Kier molecular flexibility index (Phi) is 20.9. The normalized spacial score (nSPS) is 16.0. The summed E-state index contributed by atoms with van der Waals surface area (Å²) in [7, 11) is 0. The zero-order valence-corrected chi connectivity index (χ0v) is 22.6. The van der Waals surface area contributed by atoms with E-state index < -0.39 is 0 Å². The maximum absolute atomic E-state index is 2.50. The zero-order chi connectivity index (χ0) is 22.6. The molecule has 0 aromatic carbocycles. The third-order valence-electron chi connectivity index (χ3n) is 7.46. The molecule has 4 unspecified atom stereocenters. The molecule has 0 saturated carbocycles. The van der Waals surface area contributed by atoms with Crippen LogP contribution in [-0.4, -0.2) is 0 Å². The van der Waals surface area contributed by atoms with Gasteiger partial charge in [-0.25, -0.2) is 0 Å². The minimum Gasteiger partial charge on any atom is -0.0654 e. The Labute approximate surface area is 193 Å². The van der Waals surface area contributed by atoms with Gasteiger partial charge in [0.1, 0.15) is 0 Å². The molecule has 0 aromatic rings. The van der Waals surface area contributed by atoms with Crippen LogP contribution < -0.4 is 0 Å². The van der Waals surface area contributed by atoms with Gasteiger partial charge in [0, 0.05) is 0 Å². The average molecular weight is 423 g/mol. The molecule has 0 fully saturated rings. The third-order valence-corrected chi connectivity index (χ3v) is 7.46. The lowest BCUT2D eigenvalue weighted by atomic mass is 9.90. The van der Waals surface area contributed by atoms with Crippen LogP contribution in [0.25, 0.3) is 0 Å². The van der Waals surface area contributed by atoms with E-state index in [-0.39, 0.29) is 0 Å². The van der Waals surface area contributed by atoms with Gasteiger partial charge in [0.2, 0.25) is 0 Å². The predicted octanol–water partition coefficient (Wildman–Crippen LogP) is 11.2.